The lowest BCUT2D eigenvalue weighted by molar-refractivity contribution is 0.102. The number of aryl methyl sites for hydroxylation is 1. The molecule has 0 atom stereocenters. The van der Waals surface area contributed by atoms with E-state index in [1.165, 1.54) is 12.1 Å². The number of anilines is 1. The zero-order chi connectivity index (χ0) is 16.5. The zero-order valence-corrected chi connectivity index (χ0v) is 15.0. The Morgan fingerprint density at radius 1 is 1.18 bits per heavy atom. The Bertz CT molecular complexity index is 850. The van der Waals surface area contributed by atoms with Crippen molar-refractivity contribution in [1.82, 2.24) is 0 Å². The second kappa shape index (κ2) is 6.40. The number of benzene rings is 2. The molecular formula is C15H13BrClNO3S. The van der Waals surface area contributed by atoms with Crippen molar-refractivity contribution in [2.75, 3.05) is 11.6 Å². The van der Waals surface area contributed by atoms with E-state index < -0.39 is 9.84 Å². The highest BCUT2D eigenvalue weighted by Gasteiger charge is 2.14. The lowest BCUT2D eigenvalue weighted by atomic mass is 10.1. The van der Waals surface area contributed by atoms with Gasteiger partial charge in [0.2, 0.25) is 0 Å². The molecule has 22 heavy (non-hydrogen) atoms. The number of rotatable bonds is 3. The van der Waals surface area contributed by atoms with Crippen LogP contribution in [0.2, 0.25) is 5.02 Å². The summed E-state index contributed by atoms with van der Waals surface area (Å²) in [5.74, 6) is -0.360. The quantitative estimate of drug-likeness (QED) is 0.842. The lowest BCUT2D eigenvalue weighted by Gasteiger charge is -2.11. The van der Waals surface area contributed by atoms with Gasteiger partial charge in [-0.15, -0.1) is 0 Å². The van der Waals surface area contributed by atoms with E-state index in [1.54, 1.807) is 31.2 Å². The summed E-state index contributed by atoms with van der Waals surface area (Å²) < 4.78 is 23.8. The predicted molar refractivity (Wildman–Crippen MR) is 91.4 cm³/mol. The molecule has 1 N–H and O–H groups in total. The molecule has 0 aliphatic heterocycles. The van der Waals surface area contributed by atoms with Crippen LogP contribution in [-0.2, 0) is 9.84 Å². The predicted octanol–water partition coefficient (Wildman–Crippen LogP) is 4.07. The van der Waals surface area contributed by atoms with Gasteiger partial charge in [0.25, 0.3) is 5.91 Å². The third-order valence-corrected chi connectivity index (χ3v) is 4.98. The molecule has 0 spiro atoms. The molecule has 2 rings (SSSR count). The zero-order valence-electron chi connectivity index (χ0n) is 11.9. The first-order chi connectivity index (χ1) is 10.2. The summed E-state index contributed by atoms with van der Waals surface area (Å²) in [5, 5.41) is 3.07. The van der Waals surface area contributed by atoms with Crippen LogP contribution in [0.15, 0.2) is 45.8 Å². The van der Waals surface area contributed by atoms with E-state index in [1.807, 2.05) is 0 Å². The first-order valence-electron chi connectivity index (χ1n) is 6.25. The molecule has 0 unspecified atom stereocenters. The minimum Gasteiger partial charge on any atom is -0.322 e. The van der Waals surface area contributed by atoms with Gasteiger partial charge < -0.3 is 5.32 Å². The van der Waals surface area contributed by atoms with Crippen molar-refractivity contribution >= 4 is 49.0 Å². The van der Waals surface area contributed by atoms with Crippen molar-refractivity contribution in [1.29, 1.82) is 0 Å². The third-order valence-electron chi connectivity index (χ3n) is 3.05. The van der Waals surface area contributed by atoms with E-state index in [0.29, 0.717) is 21.8 Å². The summed E-state index contributed by atoms with van der Waals surface area (Å²) >= 11 is 9.31. The molecule has 0 aromatic heterocycles. The number of carbonyl (C=O) groups excluding carboxylic acids is 1. The summed E-state index contributed by atoms with van der Waals surface area (Å²) in [7, 11) is -3.28. The van der Waals surface area contributed by atoms with Crippen molar-refractivity contribution in [3.63, 3.8) is 0 Å². The second-order valence-electron chi connectivity index (χ2n) is 4.83. The summed E-state index contributed by atoms with van der Waals surface area (Å²) in [4.78, 5) is 12.5. The van der Waals surface area contributed by atoms with Crippen molar-refractivity contribution in [2.24, 2.45) is 0 Å². The summed E-state index contributed by atoms with van der Waals surface area (Å²) in [5.41, 5.74) is 1.53. The molecule has 4 nitrogen and oxygen atoms in total. The number of halogens is 2. The fourth-order valence-corrected chi connectivity index (χ4v) is 3.14. The van der Waals surface area contributed by atoms with Gasteiger partial charge in [0, 0.05) is 16.4 Å². The second-order valence-corrected chi connectivity index (χ2v) is 8.17. The van der Waals surface area contributed by atoms with Crippen LogP contribution in [0.4, 0.5) is 5.69 Å². The smallest absolute Gasteiger partial charge is 0.257 e. The largest absolute Gasteiger partial charge is 0.322 e. The Hall–Kier alpha value is -1.37. The highest BCUT2D eigenvalue weighted by Crippen LogP contribution is 2.24. The van der Waals surface area contributed by atoms with Gasteiger partial charge in [0.1, 0.15) is 0 Å². The highest BCUT2D eigenvalue weighted by molar-refractivity contribution is 9.10. The van der Waals surface area contributed by atoms with Crippen LogP contribution in [0, 0.1) is 6.92 Å². The molecule has 0 heterocycles. The Kier molecular flexibility index (Phi) is 4.94. The minimum absolute atomic E-state index is 0.212. The topological polar surface area (TPSA) is 63.2 Å². The van der Waals surface area contributed by atoms with Crippen molar-refractivity contribution in [2.45, 2.75) is 11.8 Å². The lowest BCUT2D eigenvalue weighted by Crippen LogP contribution is -2.13. The maximum atomic E-state index is 12.3. The van der Waals surface area contributed by atoms with E-state index in [0.717, 1.165) is 10.7 Å². The number of sulfone groups is 1. The number of amides is 1. The number of nitrogens with one attached hydrogen (secondary N) is 1. The molecule has 0 bridgehead atoms. The molecule has 0 saturated carbocycles. The Morgan fingerprint density at radius 3 is 2.45 bits per heavy atom. The van der Waals surface area contributed by atoms with Crippen LogP contribution >= 0.6 is 27.5 Å². The van der Waals surface area contributed by atoms with Crippen molar-refractivity contribution in [3.05, 3.63) is 57.0 Å². The molecule has 0 saturated heterocycles. The number of hydrogen-bond donors (Lipinski definition) is 1. The van der Waals surface area contributed by atoms with Crippen LogP contribution in [-0.4, -0.2) is 20.6 Å². The van der Waals surface area contributed by atoms with Gasteiger partial charge in [-0.3, -0.25) is 4.79 Å². The van der Waals surface area contributed by atoms with Crippen LogP contribution in [0.1, 0.15) is 15.9 Å². The van der Waals surface area contributed by atoms with Gasteiger partial charge in [0.05, 0.1) is 15.5 Å². The summed E-state index contributed by atoms with van der Waals surface area (Å²) in [6.07, 6.45) is 1.14. The molecule has 116 valence electrons. The van der Waals surface area contributed by atoms with Crippen molar-refractivity contribution in [3.8, 4) is 0 Å². The number of carbonyl (C=O) groups is 1. The van der Waals surface area contributed by atoms with E-state index >= 15 is 0 Å². The van der Waals surface area contributed by atoms with E-state index in [-0.39, 0.29) is 10.8 Å². The fraction of sp³-hybridized carbons (Fsp3) is 0.133. The SMILES string of the molecule is Cc1cc(S(C)(=O)=O)ccc1NC(=O)c1cc(Br)ccc1Cl. The summed E-state index contributed by atoms with van der Waals surface area (Å²) in [6, 6.07) is 9.53. The van der Waals surface area contributed by atoms with Crippen LogP contribution in [0.3, 0.4) is 0 Å². The van der Waals surface area contributed by atoms with Crippen LogP contribution < -0.4 is 5.32 Å². The summed E-state index contributed by atoms with van der Waals surface area (Å²) in [6.45, 7) is 1.73. The van der Waals surface area contributed by atoms with Crippen molar-refractivity contribution < 1.29 is 13.2 Å². The molecule has 2 aromatic rings. The Labute approximate surface area is 142 Å². The standard InChI is InChI=1S/C15H13BrClNO3S/c1-9-7-11(22(2,20)21)4-6-14(9)18-15(19)12-8-10(16)3-5-13(12)17/h3-8H,1-2H3,(H,18,19). The molecule has 0 aliphatic rings. The van der Waals surface area contributed by atoms with Gasteiger partial charge in [-0.25, -0.2) is 8.42 Å². The highest BCUT2D eigenvalue weighted by atomic mass is 79.9. The molecule has 1 amide bonds. The fourth-order valence-electron chi connectivity index (χ4n) is 1.87. The van der Waals surface area contributed by atoms with Gasteiger partial charge >= 0.3 is 0 Å². The van der Waals surface area contributed by atoms with Gasteiger partial charge in [0.15, 0.2) is 9.84 Å². The molecule has 2 aromatic carbocycles. The maximum Gasteiger partial charge on any atom is 0.257 e. The van der Waals surface area contributed by atoms with Gasteiger partial charge in [-0.05, 0) is 48.9 Å². The van der Waals surface area contributed by atoms with Crippen LogP contribution in [0.25, 0.3) is 0 Å². The molecule has 0 fully saturated rings. The first-order valence-corrected chi connectivity index (χ1v) is 9.32. The van der Waals surface area contributed by atoms with E-state index in [9.17, 15) is 13.2 Å². The molecule has 0 radical (unpaired) electrons. The van der Waals surface area contributed by atoms with E-state index in [4.69, 9.17) is 11.6 Å². The normalized spacial score (nSPS) is 11.3. The Morgan fingerprint density at radius 2 is 1.86 bits per heavy atom. The molecule has 7 heteroatoms. The molecular weight excluding hydrogens is 390 g/mol. The maximum absolute atomic E-state index is 12.3. The number of hydrogen-bond acceptors (Lipinski definition) is 3. The van der Waals surface area contributed by atoms with Gasteiger partial charge in [-0.1, -0.05) is 27.5 Å². The molecule has 0 aliphatic carbocycles. The Balaban J connectivity index is 2.31. The third kappa shape index (κ3) is 3.88. The van der Waals surface area contributed by atoms with Gasteiger partial charge in [-0.2, -0.15) is 0 Å². The van der Waals surface area contributed by atoms with Crippen LogP contribution in [0.5, 0.6) is 0 Å². The first kappa shape index (κ1) is 17.0. The average Bonchev–Trinajstić information content (AvgIpc) is 2.42. The average molecular weight is 403 g/mol. The van der Waals surface area contributed by atoms with E-state index in [2.05, 4.69) is 21.2 Å². The minimum atomic E-state index is -3.28. The monoisotopic (exact) mass is 401 g/mol.